The van der Waals surface area contributed by atoms with Crippen LogP contribution < -0.4 is 0 Å². The SMILES string of the molecule is COC1C(=O)C(C)C(C/C=C(\C)CC/C=C(\C)CCC=C(C)C)C(O)C1OC. The molecule has 0 bridgehead atoms. The van der Waals surface area contributed by atoms with Crippen molar-refractivity contribution in [2.75, 3.05) is 14.2 Å². The van der Waals surface area contributed by atoms with Crippen LogP contribution in [0.15, 0.2) is 34.9 Å². The Morgan fingerprint density at radius 3 is 2.07 bits per heavy atom. The summed E-state index contributed by atoms with van der Waals surface area (Å²) in [6.07, 6.45) is 9.71. The molecule has 1 rings (SSSR count). The zero-order chi connectivity index (χ0) is 21.3. The van der Waals surface area contributed by atoms with E-state index in [1.807, 2.05) is 6.92 Å². The first kappa shape index (κ1) is 24.8. The largest absolute Gasteiger partial charge is 0.390 e. The second-order valence-electron chi connectivity index (χ2n) is 8.40. The van der Waals surface area contributed by atoms with Crippen molar-refractivity contribution in [3.63, 3.8) is 0 Å². The fourth-order valence-electron chi connectivity index (χ4n) is 3.88. The minimum Gasteiger partial charge on any atom is -0.390 e. The molecule has 160 valence electrons. The van der Waals surface area contributed by atoms with Gasteiger partial charge < -0.3 is 14.6 Å². The van der Waals surface area contributed by atoms with Crippen LogP contribution in [0.3, 0.4) is 0 Å². The second-order valence-corrected chi connectivity index (χ2v) is 8.40. The Labute approximate surface area is 171 Å². The van der Waals surface area contributed by atoms with Crippen LogP contribution >= 0.6 is 0 Å². The number of carbonyl (C=O) groups is 1. The molecule has 1 saturated carbocycles. The van der Waals surface area contributed by atoms with E-state index in [1.54, 1.807) is 0 Å². The van der Waals surface area contributed by atoms with E-state index in [2.05, 4.69) is 45.9 Å². The van der Waals surface area contributed by atoms with Gasteiger partial charge in [0.05, 0.1) is 6.10 Å². The third-order valence-corrected chi connectivity index (χ3v) is 5.83. The lowest BCUT2D eigenvalue weighted by Crippen LogP contribution is -2.57. The van der Waals surface area contributed by atoms with E-state index in [9.17, 15) is 9.90 Å². The first-order valence-electron chi connectivity index (χ1n) is 10.4. The van der Waals surface area contributed by atoms with E-state index in [0.29, 0.717) is 6.42 Å². The van der Waals surface area contributed by atoms with Crippen molar-refractivity contribution < 1.29 is 19.4 Å². The van der Waals surface area contributed by atoms with Crippen molar-refractivity contribution in [1.82, 2.24) is 0 Å². The smallest absolute Gasteiger partial charge is 0.167 e. The highest BCUT2D eigenvalue weighted by molar-refractivity contribution is 5.87. The van der Waals surface area contributed by atoms with Gasteiger partial charge in [-0.15, -0.1) is 0 Å². The number of methoxy groups -OCH3 is 2. The van der Waals surface area contributed by atoms with Crippen LogP contribution in [0.2, 0.25) is 0 Å². The van der Waals surface area contributed by atoms with Crippen molar-refractivity contribution in [2.45, 2.75) is 85.0 Å². The zero-order valence-corrected chi connectivity index (χ0v) is 18.8. The van der Waals surface area contributed by atoms with Gasteiger partial charge >= 0.3 is 0 Å². The zero-order valence-electron chi connectivity index (χ0n) is 18.8. The van der Waals surface area contributed by atoms with Gasteiger partial charge in [-0.1, -0.05) is 41.9 Å². The molecule has 5 unspecified atom stereocenters. The molecule has 1 aliphatic carbocycles. The minimum absolute atomic E-state index is 0.0191. The first-order valence-corrected chi connectivity index (χ1v) is 10.4. The summed E-state index contributed by atoms with van der Waals surface area (Å²) < 4.78 is 10.7. The lowest BCUT2D eigenvalue weighted by Gasteiger charge is -2.41. The average Bonchev–Trinajstić information content (AvgIpc) is 2.64. The summed E-state index contributed by atoms with van der Waals surface area (Å²) in [6, 6.07) is 0. The topological polar surface area (TPSA) is 55.8 Å². The van der Waals surface area contributed by atoms with Gasteiger partial charge in [0.1, 0.15) is 12.2 Å². The van der Waals surface area contributed by atoms with Crippen LogP contribution in [0.25, 0.3) is 0 Å². The molecular formula is C24H40O4. The Bertz CT molecular complexity index is 583. The molecule has 0 aliphatic heterocycles. The predicted molar refractivity (Wildman–Crippen MR) is 115 cm³/mol. The maximum Gasteiger partial charge on any atom is 0.167 e. The van der Waals surface area contributed by atoms with Gasteiger partial charge in [-0.3, -0.25) is 4.79 Å². The Kier molecular flexibility index (Phi) is 10.9. The first-order chi connectivity index (χ1) is 13.2. The Morgan fingerprint density at radius 2 is 1.54 bits per heavy atom. The van der Waals surface area contributed by atoms with Crippen molar-refractivity contribution in [1.29, 1.82) is 0 Å². The molecule has 1 aliphatic rings. The Balaban J connectivity index is 2.59. The molecule has 4 heteroatoms. The van der Waals surface area contributed by atoms with Crippen molar-refractivity contribution in [3.8, 4) is 0 Å². The molecule has 0 aromatic carbocycles. The second kappa shape index (κ2) is 12.4. The lowest BCUT2D eigenvalue weighted by atomic mass is 9.72. The summed E-state index contributed by atoms with van der Waals surface area (Å²) in [4.78, 5) is 12.6. The fraction of sp³-hybridized carbons (Fsp3) is 0.708. The predicted octanol–water partition coefficient (Wildman–Crippen LogP) is 5.02. The number of ketones is 1. The monoisotopic (exact) mass is 392 g/mol. The molecule has 1 fully saturated rings. The highest BCUT2D eigenvalue weighted by atomic mass is 16.5. The number of rotatable bonds is 10. The van der Waals surface area contributed by atoms with Crippen molar-refractivity contribution in [2.24, 2.45) is 11.8 Å². The number of allylic oxidation sites excluding steroid dienone is 6. The number of Topliss-reactive ketones (excluding diaryl/α,β-unsaturated/α-hetero) is 1. The van der Waals surface area contributed by atoms with E-state index in [-0.39, 0.29) is 17.6 Å². The highest BCUT2D eigenvalue weighted by Gasteiger charge is 2.47. The van der Waals surface area contributed by atoms with Gasteiger partial charge in [0.15, 0.2) is 5.78 Å². The van der Waals surface area contributed by atoms with E-state index >= 15 is 0 Å². The van der Waals surface area contributed by atoms with Crippen LogP contribution in [0.4, 0.5) is 0 Å². The van der Waals surface area contributed by atoms with E-state index in [1.165, 1.54) is 30.9 Å². The van der Waals surface area contributed by atoms with Crippen molar-refractivity contribution in [3.05, 3.63) is 34.9 Å². The summed E-state index contributed by atoms with van der Waals surface area (Å²) in [5.74, 6) is -0.363. The molecular weight excluding hydrogens is 352 g/mol. The van der Waals surface area contributed by atoms with Crippen LogP contribution in [-0.4, -0.2) is 43.4 Å². The molecule has 0 radical (unpaired) electrons. The lowest BCUT2D eigenvalue weighted by molar-refractivity contribution is -0.172. The molecule has 28 heavy (non-hydrogen) atoms. The van der Waals surface area contributed by atoms with E-state index in [0.717, 1.165) is 25.7 Å². The van der Waals surface area contributed by atoms with Crippen LogP contribution in [0.5, 0.6) is 0 Å². The van der Waals surface area contributed by atoms with E-state index in [4.69, 9.17) is 9.47 Å². The van der Waals surface area contributed by atoms with Crippen LogP contribution in [0, 0.1) is 11.8 Å². The molecule has 0 aromatic heterocycles. The van der Waals surface area contributed by atoms with Gasteiger partial charge in [-0.25, -0.2) is 0 Å². The molecule has 0 saturated heterocycles. The maximum atomic E-state index is 12.6. The molecule has 5 atom stereocenters. The van der Waals surface area contributed by atoms with E-state index < -0.39 is 18.3 Å². The van der Waals surface area contributed by atoms with Gasteiger partial charge in [0.25, 0.3) is 0 Å². The molecule has 0 amide bonds. The molecule has 1 N–H and O–H groups in total. The number of hydrogen-bond acceptors (Lipinski definition) is 4. The highest BCUT2D eigenvalue weighted by Crippen LogP contribution is 2.34. The van der Waals surface area contributed by atoms with Gasteiger partial charge in [-0.05, 0) is 59.8 Å². The number of aliphatic hydroxyl groups is 1. The van der Waals surface area contributed by atoms with Gasteiger partial charge in [0, 0.05) is 26.1 Å². The standard InChI is InChI=1S/C24H40O4/c1-16(2)10-8-11-17(3)12-9-13-18(4)14-15-20-19(5)21(25)23(27-6)24(28-7)22(20)26/h10,12,14,19-20,22-24,26H,8-9,11,13,15H2,1-7H3/b17-12+,18-14+. The quantitative estimate of drug-likeness (QED) is 0.530. The third kappa shape index (κ3) is 7.31. The maximum absolute atomic E-state index is 12.6. The normalized spacial score (nSPS) is 29.1. The molecule has 0 heterocycles. The Hall–Kier alpha value is -1.23. The summed E-state index contributed by atoms with van der Waals surface area (Å²) in [6.45, 7) is 10.5. The van der Waals surface area contributed by atoms with Gasteiger partial charge in [0.2, 0.25) is 0 Å². The summed E-state index contributed by atoms with van der Waals surface area (Å²) in [5, 5.41) is 10.7. The summed E-state index contributed by atoms with van der Waals surface area (Å²) >= 11 is 0. The number of hydrogen-bond donors (Lipinski definition) is 1. The summed E-state index contributed by atoms with van der Waals surface area (Å²) in [7, 11) is 3.02. The minimum atomic E-state index is -0.705. The van der Waals surface area contributed by atoms with Gasteiger partial charge in [-0.2, -0.15) is 0 Å². The fourth-order valence-corrected chi connectivity index (χ4v) is 3.88. The Morgan fingerprint density at radius 1 is 0.964 bits per heavy atom. The van der Waals surface area contributed by atoms with Crippen LogP contribution in [0.1, 0.15) is 66.7 Å². The molecule has 4 nitrogen and oxygen atoms in total. The number of aliphatic hydroxyl groups excluding tert-OH is 1. The third-order valence-electron chi connectivity index (χ3n) is 5.83. The molecule has 0 spiro atoms. The average molecular weight is 393 g/mol. The molecule has 0 aromatic rings. The number of carbonyl (C=O) groups excluding carboxylic acids is 1. The number of ether oxygens (including phenoxy) is 2. The van der Waals surface area contributed by atoms with Crippen molar-refractivity contribution >= 4 is 5.78 Å². The summed E-state index contributed by atoms with van der Waals surface area (Å²) in [5.41, 5.74) is 4.10. The van der Waals surface area contributed by atoms with Crippen LogP contribution in [-0.2, 0) is 14.3 Å².